The molecule has 0 radical (unpaired) electrons. The molecule has 0 atom stereocenters. The van der Waals surface area contributed by atoms with Gasteiger partial charge in [-0.25, -0.2) is 4.39 Å². The van der Waals surface area contributed by atoms with Gasteiger partial charge in [0.05, 0.1) is 18.9 Å². The molecule has 0 saturated carbocycles. The molecule has 9 heteroatoms. The Labute approximate surface area is 164 Å². The molecule has 0 aliphatic rings. The Balaban J connectivity index is 1.78. The number of aryl methyl sites for hydroxylation is 1. The average molecular weight is 406 g/mol. The molecule has 29 heavy (non-hydrogen) atoms. The quantitative estimate of drug-likeness (QED) is 0.549. The molecule has 1 heterocycles. The van der Waals surface area contributed by atoms with Crippen LogP contribution in [0.15, 0.2) is 61.1 Å². The summed E-state index contributed by atoms with van der Waals surface area (Å²) in [7, 11) is 3.09. The van der Waals surface area contributed by atoms with Gasteiger partial charge in [-0.3, -0.25) is 4.68 Å². The van der Waals surface area contributed by atoms with Gasteiger partial charge in [-0.2, -0.15) is 18.3 Å². The van der Waals surface area contributed by atoms with Crippen LogP contribution in [0.4, 0.5) is 28.9 Å². The number of benzene rings is 2. The van der Waals surface area contributed by atoms with Crippen LogP contribution in [0, 0.1) is 5.82 Å². The van der Waals surface area contributed by atoms with E-state index in [1.165, 1.54) is 23.9 Å². The fourth-order valence-corrected chi connectivity index (χ4v) is 2.81. The van der Waals surface area contributed by atoms with E-state index in [4.69, 9.17) is 4.74 Å². The highest BCUT2D eigenvalue weighted by Crippen LogP contribution is 2.34. The molecule has 0 unspecified atom stereocenters. The first-order valence-corrected chi connectivity index (χ1v) is 8.45. The maximum absolute atomic E-state index is 14.1. The summed E-state index contributed by atoms with van der Waals surface area (Å²) in [6.45, 7) is 3.82. The fourth-order valence-electron chi connectivity index (χ4n) is 2.81. The van der Waals surface area contributed by atoms with Crippen molar-refractivity contribution >= 4 is 11.4 Å². The zero-order valence-electron chi connectivity index (χ0n) is 15.6. The molecule has 0 amide bonds. The molecule has 3 aromatic rings. The van der Waals surface area contributed by atoms with Gasteiger partial charge in [0.2, 0.25) is 0 Å². The van der Waals surface area contributed by atoms with Gasteiger partial charge in [0.1, 0.15) is 17.3 Å². The summed E-state index contributed by atoms with van der Waals surface area (Å²) >= 11 is 0. The summed E-state index contributed by atoms with van der Waals surface area (Å²) in [6.07, 6.45) is -3.28. The zero-order valence-corrected chi connectivity index (χ0v) is 15.6. The van der Waals surface area contributed by atoms with Crippen LogP contribution in [0.25, 0.3) is 11.3 Å². The lowest BCUT2D eigenvalue weighted by molar-refractivity contribution is -0.137. The van der Waals surface area contributed by atoms with E-state index in [1.807, 2.05) is 0 Å². The van der Waals surface area contributed by atoms with E-state index in [0.717, 1.165) is 18.3 Å². The standard InChI is InChI=1S/C20H18F4N4O/c1-12(26-14-6-4-13(5-7-14)20(22,23)24)27-15-8-9-18(29-3)16(10-15)19-17(21)11-25-28(19)2/h4-11,26-27H,1H2,2-3H3. The molecule has 2 N–H and O–H groups in total. The Morgan fingerprint density at radius 2 is 1.69 bits per heavy atom. The predicted octanol–water partition coefficient (Wildman–Crippen LogP) is 5.25. The summed E-state index contributed by atoms with van der Waals surface area (Å²) in [5.74, 6) is 0.287. The highest BCUT2D eigenvalue weighted by molar-refractivity contribution is 5.73. The Hall–Kier alpha value is -3.49. The van der Waals surface area contributed by atoms with Crippen LogP contribution in [0.3, 0.4) is 0 Å². The Morgan fingerprint density at radius 1 is 1.07 bits per heavy atom. The van der Waals surface area contributed by atoms with Gasteiger partial charge in [-0.05, 0) is 42.5 Å². The molecular weight excluding hydrogens is 388 g/mol. The number of nitrogens with one attached hydrogen (secondary N) is 2. The van der Waals surface area contributed by atoms with E-state index in [-0.39, 0.29) is 5.69 Å². The third-order valence-corrected chi connectivity index (χ3v) is 4.15. The molecule has 1 aromatic heterocycles. The number of alkyl halides is 3. The monoisotopic (exact) mass is 406 g/mol. The van der Waals surface area contributed by atoms with Crippen molar-refractivity contribution in [2.75, 3.05) is 17.7 Å². The molecule has 0 bridgehead atoms. The number of anilines is 2. The van der Waals surface area contributed by atoms with Crippen molar-refractivity contribution in [3.63, 3.8) is 0 Å². The van der Waals surface area contributed by atoms with Gasteiger partial charge in [-0.1, -0.05) is 6.58 Å². The topological polar surface area (TPSA) is 51.1 Å². The number of hydrogen-bond acceptors (Lipinski definition) is 4. The van der Waals surface area contributed by atoms with Gasteiger partial charge in [0, 0.05) is 24.0 Å². The van der Waals surface area contributed by atoms with Gasteiger partial charge in [-0.15, -0.1) is 0 Å². The highest BCUT2D eigenvalue weighted by atomic mass is 19.4. The van der Waals surface area contributed by atoms with Crippen LogP contribution in [-0.2, 0) is 13.2 Å². The largest absolute Gasteiger partial charge is 0.496 e. The molecular formula is C20H18F4N4O. The van der Waals surface area contributed by atoms with Crippen LogP contribution < -0.4 is 15.4 Å². The lowest BCUT2D eigenvalue weighted by Crippen LogP contribution is -2.09. The summed E-state index contributed by atoms with van der Waals surface area (Å²) < 4.78 is 58.8. The summed E-state index contributed by atoms with van der Waals surface area (Å²) in [5, 5.41) is 9.77. The van der Waals surface area contributed by atoms with E-state index in [0.29, 0.717) is 28.5 Å². The molecule has 3 rings (SSSR count). The first-order chi connectivity index (χ1) is 13.7. The van der Waals surface area contributed by atoms with Gasteiger partial charge < -0.3 is 15.4 Å². The minimum atomic E-state index is -4.39. The third-order valence-electron chi connectivity index (χ3n) is 4.15. The Morgan fingerprint density at radius 3 is 2.24 bits per heavy atom. The van der Waals surface area contributed by atoms with Crippen molar-refractivity contribution in [1.29, 1.82) is 0 Å². The summed E-state index contributed by atoms with van der Waals surface area (Å²) in [4.78, 5) is 0. The highest BCUT2D eigenvalue weighted by Gasteiger charge is 2.29. The molecule has 5 nitrogen and oxygen atoms in total. The van der Waals surface area contributed by atoms with Crippen molar-refractivity contribution in [3.05, 3.63) is 72.4 Å². The van der Waals surface area contributed by atoms with Gasteiger partial charge in [0.25, 0.3) is 0 Å². The Bertz CT molecular complexity index is 1010. The molecule has 0 aliphatic carbocycles. The van der Waals surface area contributed by atoms with Crippen LogP contribution in [0.1, 0.15) is 5.56 Å². The second-order valence-corrected chi connectivity index (χ2v) is 6.18. The van der Waals surface area contributed by atoms with Crippen LogP contribution in [0.2, 0.25) is 0 Å². The van der Waals surface area contributed by atoms with Crippen LogP contribution in [-0.4, -0.2) is 16.9 Å². The SMILES string of the molecule is C=C(Nc1ccc(C(F)(F)F)cc1)Nc1ccc(OC)c(-c2c(F)cnn2C)c1. The second-order valence-electron chi connectivity index (χ2n) is 6.18. The molecule has 0 saturated heterocycles. The van der Waals surface area contributed by atoms with E-state index in [2.05, 4.69) is 22.3 Å². The third kappa shape index (κ3) is 4.50. The number of aromatic nitrogens is 2. The van der Waals surface area contributed by atoms with Crippen LogP contribution in [0.5, 0.6) is 5.75 Å². The summed E-state index contributed by atoms with van der Waals surface area (Å²) in [5.41, 5.74) is 1.01. The maximum Gasteiger partial charge on any atom is 0.416 e. The number of halogens is 4. The van der Waals surface area contributed by atoms with E-state index in [9.17, 15) is 17.6 Å². The van der Waals surface area contributed by atoms with E-state index < -0.39 is 17.6 Å². The van der Waals surface area contributed by atoms with Crippen molar-refractivity contribution in [2.24, 2.45) is 7.05 Å². The van der Waals surface area contributed by atoms with Crippen molar-refractivity contribution < 1.29 is 22.3 Å². The fraction of sp³-hybridized carbons (Fsp3) is 0.150. The van der Waals surface area contributed by atoms with Gasteiger partial charge in [0.15, 0.2) is 5.82 Å². The normalized spacial score (nSPS) is 11.2. The van der Waals surface area contributed by atoms with E-state index in [1.54, 1.807) is 25.2 Å². The molecule has 0 aliphatic heterocycles. The minimum absolute atomic E-state index is 0.256. The average Bonchev–Trinajstić information content (AvgIpc) is 2.99. The lowest BCUT2D eigenvalue weighted by atomic mass is 10.1. The van der Waals surface area contributed by atoms with E-state index >= 15 is 0 Å². The second kappa shape index (κ2) is 7.86. The first kappa shape index (κ1) is 20.2. The smallest absolute Gasteiger partial charge is 0.416 e. The zero-order chi connectivity index (χ0) is 21.2. The van der Waals surface area contributed by atoms with Gasteiger partial charge >= 0.3 is 6.18 Å². The summed E-state index contributed by atoms with van der Waals surface area (Å²) in [6, 6.07) is 9.60. The minimum Gasteiger partial charge on any atom is -0.496 e. The number of nitrogens with zero attached hydrogens (tertiary/aromatic N) is 2. The Kier molecular flexibility index (Phi) is 5.49. The number of ether oxygens (including phenoxy) is 1. The van der Waals surface area contributed by atoms with Crippen molar-refractivity contribution in [3.8, 4) is 17.0 Å². The number of hydrogen-bond donors (Lipinski definition) is 2. The number of rotatable bonds is 6. The van der Waals surface area contributed by atoms with Crippen molar-refractivity contribution in [2.45, 2.75) is 6.18 Å². The molecule has 0 fully saturated rings. The van der Waals surface area contributed by atoms with Crippen LogP contribution >= 0.6 is 0 Å². The van der Waals surface area contributed by atoms with Crippen molar-refractivity contribution in [1.82, 2.24) is 9.78 Å². The predicted molar refractivity (Wildman–Crippen MR) is 103 cm³/mol. The number of methoxy groups -OCH3 is 1. The lowest BCUT2D eigenvalue weighted by Gasteiger charge is -2.15. The molecule has 152 valence electrons. The maximum atomic E-state index is 14.1. The molecule has 2 aromatic carbocycles. The molecule has 0 spiro atoms. The first-order valence-electron chi connectivity index (χ1n) is 8.45.